The summed E-state index contributed by atoms with van der Waals surface area (Å²) < 4.78 is 3.83. The van der Waals surface area contributed by atoms with Crippen LogP contribution < -0.4 is 0 Å². The predicted molar refractivity (Wildman–Crippen MR) is 77.6 cm³/mol. The lowest BCUT2D eigenvalue weighted by atomic mass is 9.96. The first-order chi connectivity index (χ1) is 10.4. The molecule has 0 atom stereocenters. The number of thioether (sulfide) groups is 1. The van der Waals surface area contributed by atoms with Gasteiger partial charge in [-0.1, -0.05) is 37.9 Å². The molecule has 8 nitrogen and oxygen atoms in total. The average molecular weight is 308 g/mol. The van der Waals surface area contributed by atoms with E-state index < -0.39 is 0 Å². The summed E-state index contributed by atoms with van der Waals surface area (Å²) in [6.45, 7) is 2.96. The van der Waals surface area contributed by atoms with Crippen molar-refractivity contribution in [3.05, 3.63) is 5.82 Å². The molecule has 0 amide bonds. The lowest BCUT2D eigenvalue weighted by molar-refractivity contribution is 0.307. The van der Waals surface area contributed by atoms with Crippen LogP contribution in [0, 0.1) is 0 Å². The molecule has 2 aromatic heterocycles. The number of aromatic nitrogens is 8. The van der Waals surface area contributed by atoms with E-state index in [9.17, 15) is 0 Å². The van der Waals surface area contributed by atoms with Crippen LogP contribution in [0.1, 0.15) is 57.3 Å². The maximum atomic E-state index is 4.17. The number of tetrazole rings is 2. The van der Waals surface area contributed by atoms with Crippen molar-refractivity contribution in [3.8, 4) is 0 Å². The summed E-state index contributed by atoms with van der Waals surface area (Å²) in [6.07, 6.45) is 7.22. The topological polar surface area (TPSA) is 87.2 Å². The third kappa shape index (κ3) is 3.39. The zero-order chi connectivity index (χ0) is 14.5. The molecule has 0 unspecified atom stereocenters. The fourth-order valence-electron chi connectivity index (χ4n) is 2.68. The molecule has 21 heavy (non-hydrogen) atoms. The number of aryl methyl sites for hydroxylation is 1. The van der Waals surface area contributed by atoms with Crippen molar-refractivity contribution in [1.82, 2.24) is 40.4 Å². The Bertz CT molecular complexity index is 559. The first-order valence-corrected chi connectivity index (χ1v) is 8.52. The number of rotatable bonds is 6. The van der Waals surface area contributed by atoms with E-state index in [-0.39, 0.29) is 0 Å². The van der Waals surface area contributed by atoms with Gasteiger partial charge in [0.15, 0.2) is 5.82 Å². The Kier molecular flexibility index (Phi) is 4.79. The molecule has 0 radical (unpaired) electrons. The highest BCUT2D eigenvalue weighted by atomic mass is 32.2. The largest absolute Gasteiger partial charge is 0.229 e. The zero-order valence-corrected chi connectivity index (χ0v) is 13.0. The molecule has 3 rings (SSSR count). The fraction of sp³-hybridized carbons (Fsp3) is 0.833. The van der Waals surface area contributed by atoms with E-state index >= 15 is 0 Å². The summed E-state index contributed by atoms with van der Waals surface area (Å²) in [7, 11) is 0. The Balaban J connectivity index is 1.65. The number of nitrogens with zero attached hydrogens (tertiary/aromatic N) is 8. The Morgan fingerprint density at radius 3 is 2.71 bits per heavy atom. The molecule has 1 saturated carbocycles. The number of hydrogen-bond acceptors (Lipinski definition) is 7. The lowest BCUT2D eigenvalue weighted by Gasteiger charge is -2.21. The van der Waals surface area contributed by atoms with Gasteiger partial charge in [0.2, 0.25) is 5.16 Å². The van der Waals surface area contributed by atoms with Gasteiger partial charge >= 0.3 is 0 Å². The maximum Gasteiger partial charge on any atom is 0.210 e. The van der Waals surface area contributed by atoms with Crippen molar-refractivity contribution in [3.63, 3.8) is 0 Å². The summed E-state index contributed by atoms with van der Waals surface area (Å²) in [5.74, 6) is 1.57. The first-order valence-electron chi connectivity index (χ1n) is 7.54. The molecule has 1 fully saturated rings. The van der Waals surface area contributed by atoms with E-state index in [1.165, 1.54) is 32.1 Å². The van der Waals surface area contributed by atoms with Crippen LogP contribution in [0.5, 0.6) is 0 Å². The van der Waals surface area contributed by atoms with Crippen LogP contribution in [0.15, 0.2) is 5.16 Å². The van der Waals surface area contributed by atoms with E-state index in [0.717, 1.165) is 23.9 Å². The SMILES string of the molecule is CCCn1nnnc1CSc1nnnn1C1CCCCC1. The van der Waals surface area contributed by atoms with Gasteiger partial charge < -0.3 is 0 Å². The van der Waals surface area contributed by atoms with Gasteiger partial charge in [0.25, 0.3) is 0 Å². The van der Waals surface area contributed by atoms with E-state index in [0.29, 0.717) is 11.8 Å². The normalized spacial score (nSPS) is 16.4. The van der Waals surface area contributed by atoms with Gasteiger partial charge in [-0.25, -0.2) is 9.36 Å². The third-order valence-electron chi connectivity index (χ3n) is 3.76. The first kappa shape index (κ1) is 14.4. The molecular formula is C12H20N8S. The molecular weight excluding hydrogens is 288 g/mol. The van der Waals surface area contributed by atoms with Crippen LogP contribution in [-0.2, 0) is 12.3 Å². The highest BCUT2D eigenvalue weighted by Gasteiger charge is 2.20. The summed E-state index contributed by atoms with van der Waals surface area (Å²) in [6, 6.07) is 0.447. The smallest absolute Gasteiger partial charge is 0.210 e. The van der Waals surface area contributed by atoms with Crippen molar-refractivity contribution >= 4 is 11.8 Å². The van der Waals surface area contributed by atoms with Crippen LogP contribution in [0.25, 0.3) is 0 Å². The van der Waals surface area contributed by atoms with Crippen molar-refractivity contribution < 1.29 is 0 Å². The van der Waals surface area contributed by atoms with Gasteiger partial charge in [0.05, 0.1) is 11.8 Å². The van der Waals surface area contributed by atoms with Gasteiger partial charge in [-0.15, -0.1) is 10.2 Å². The standard InChI is InChI=1S/C12H20N8S/c1-2-8-19-11(13-15-17-19)9-21-12-14-16-18-20(12)10-6-4-3-5-7-10/h10H,2-9H2,1H3. The second-order valence-corrected chi connectivity index (χ2v) is 6.25. The van der Waals surface area contributed by atoms with Crippen LogP contribution in [-0.4, -0.2) is 40.4 Å². The molecule has 114 valence electrons. The van der Waals surface area contributed by atoms with Crippen LogP contribution in [0.4, 0.5) is 0 Å². The minimum absolute atomic E-state index is 0.447. The van der Waals surface area contributed by atoms with Crippen LogP contribution in [0.3, 0.4) is 0 Å². The van der Waals surface area contributed by atoms with Gasteiger partial charge in [0, 0.05) is 6.54 Å². The van der Waals surface area contributed by atoms with Gasteiger partial charge in [0.1, 0.15) is 0 Å². The van der Waals surface area contributed by atoms with Gasteiger partial charge in [-0.05, 0) is 40.1 Å². The van der Waals surface area contributed by atoms with Crippen molar-refractivity contribution in [1.29, 1.82) is 0 Å². The second kappa shape index (κ2) is 6.97. The molecule has 0 aliphatic heterocycles. The number of hydrogen-bond donors (Lipinski definition) is 0. The minimum atomic E-state index is 0.447. The molecule has 1 aliphatic carbocycles. The van der Waals surface area contributed by atoms with Gasteiger partial charge in [-0.2, -0.15) is 0 Å². The maximum absolute atomic E-state index is 4.17. The molecule has 0 spiro atoms. The van der Waals surface area contributed by atoms with Crippen molar-refractivity contribution in [2.75, 3.05) is 0 Å². The van der Waals surface area contributed by atoms with E-state index in [2.05, 4.69) is 38.0 Å². The Labute approximate surface area is 127 Å². The lowest BCUT2D eigenvalue weighted by Crippen LogP contribution is -2.15. The van der Waals surface area contributed by atoms with Crippen LogP contribution in [0.2, 0.25) is 0 Å². The monoisotopic (exact) mass is 308 g/mol. The second-order valence-electron chi connectivity index (χ2n) is 5.30. The summed E-state index contributed by atoms with van der Waals surface area (Å²) in [4.78, 5) is 0. The molecule has 0 saturated heterocycles. The molecule has 1 aliphatic rings. The molecule has 9 heteroatoms. The zero-order valence-electron chi connectivity index (χ0n) is 12.2. The average Bonchev–Trinajstić information content (AvgIpc) is 3.15. The minimum Gasteiger partial charge on any atom is -0.229 e. The highest BCUT2D eigenvalue weighted by Crippen LogP contribution is 2.30. The molecule has 0 bridgehead atoms. The Morgan fingerprint density at radius 1 is 1.10 bits per heavy atom. The molecule has 0 aromatic carbocycles. The quantitative estimate of drug-likeness (QED) is 0.753. The van der Waals surface area contributed by atoms with E-state index in [1.54, 1.807) is 11.8 Å². The molecule has 2 heterocycles. The van der Waals surface area contributed by atoms with E-state index in [1.807, 2.05) is 9.36 Å². The Hall–Kier alpha value is -1.51. The van der Waals surface area contributed by atoms with Crippen LogP contribution >= 0.6 is 11.8 Å². The molecule has 0 N–H and O–H groups in total. The summed E-state index contributed by atoms with van der Waals surface area (Å²) in [5.41, 5.74) is 0. The Morgan fingerprint density at radius 2 is 1.90 bits per heavy atom. The van der Waals surface area contributed by atoms with Gasteiger partial charge in [-0.3, -0.25) is 0 Å². The van der Waals surface area contributed by atoms with Crippen molar-refractivity contribution in [2.24, 2.45) is 0 Å². The third-order valence-corrected chi connectivity index (χ3v) is 4.68. The predicted octanol–water partition coefficient (Wildman–Crippen LogP) is 1.87. The van der Waals surface area contributed by atoms with Crippen molar-refractivity contribution in [2.45, 2.75) is 68.9 Å². The molecule has 2 aromatic rings. The summed E-state index contributed by atoms with van der Waals surface area (Å²) >= 11 is 1.61. The summed E-state index contributed by atoms with van der Waals surface area (Å²) in [5, 5.41) is 24.9. The fourth-order valence-corrected chi connectivity index (χ4v) is 3.55. The highest BCUT2D eigenvalue weighted by molar-refractivity contribution is 7.98. The van der Waals surface area contributed by atoms with E-state index in [4.69, 9.17) is 0 Å².